The van der Waals surface area contributed by atoms with E-state index in [-0.39, 0.29) is 12.3 Å². The molecule has 0 atom stereocenters. The highest BCUT2D eigenvalue weighted by Gasteiger charge is 2.11. The number of aromatic nitrogens is 1. The smallest absolute Gasteiger partial charge is 0.226 e. The van der Waals surface area contributed by atoms with Gasteiger partial charge in [0.05, 0.1) is 6.42 Å². The first-order valence-electron chi connectivity index (χ1n) is 7.61. The number of hydrogen-bond acceptors (Lipinski definition) is 4. The monoisotopic (exact) mass is 326 g/mol. The van der Waals surface area contributed by atoms with Crippen LogP contribution in [0.3, 0.4) is 0 Å². The standard InChI is InChI=1S/C18H18N2O2S/c21-18(13-16-15-9-4-5-10-17(15)22-20-16)19-11-6-12-23-14-7-2-1-3-8-14/h1-5,7-10H,6,11-13H2,(H,19,21). The summed E-state index contributed by atoms with van der Waals surface area (Å²) in [6.07, 6.45) is 1.19. The maximum Gasteiger partial charge on any atom is 0.226 e. The Balaban J connectivity index is 1.40. The van der Waals surface area contributed by atoms with Crippen LogP contribution in [-0.4, -0.2) is 23.4 Å². The molecule has 0 aliphatic heterocycles. The fourth-order valence-corrected chi connectivity index (χ4v) is 3.16. The van der Waals surface area contributed by atoms with Crippen molar-refractivity contribution in [2.24, 2.45) is 0 Å². The molecule has 1 N–H and O–H groups in total. The zero-order valence-corrected chi connectivity index (χ0v) is 13.5. The Labute approximate surface area is 139 Å². The van der Waals surface area contributed by atoms with Crippen LogP contribution in [0.5, 0.6) is 0 Å². The van der Waals surface area contributed by atoms with Crippen LogP contribution in [0.25, 0.3) is 11.0 Å². The molecule has 0 aliphatic rings. The number of thioether (sulfide) groups is 1. The number of hydrogen-bond donors (Lipinski definition) is 1. The molecular formula is C18H18N2O2S. The van der Waals surface area contributed by atoms with E-state index < -0.39 is 0 Å². The van der Waals surface area contributed by atoms with Crippen molar-refractivity contribution in [3.8, 4) is 0 Å². The number of amides is 1. The molecule has 0 aliphatic carbocycles. The van der Waals surface area contributed by atoms with Gasteiger partial charge in [-0.2, -0.15) is 0 Å². The van der Waals surface area contributed by atoms with Crippen LogP contribution in [0.15, 0.2) is 64.0 Å². The SMILES string of the molecule is O=C(Cc1noc2ccccc12)NCCCSc1ccccc1. The molecule has 5 heteroatoms. The Morgan fingerprint density at radius 1 is 1.09 bits per heavy atom. The summed E-state index contributed by atoms with van der Waals surface area (Å²) in [7, 11) is 0. The molecule has 4 nitrogen and oxygen atoms in total. The summed E-state index contributed by atoms with van der Waals surface area (Å²) < 4.78 is 5.21. The first-order chi connectivity index (χ1) is 11.3. The zero-order chi connectivity index (χ0) is 15.9. The number of para-hydroxylation sites is 1. The maximum atomic E-state index is 12.0. The molecule has 3 rings (SSSR count). The van der Waals surface area contributed by atoms with E-state index in [0.717, 1.165) is 23.1 Å². The van der Waals surface area contributed by atoms with Crippen LogP contribution < -0.4 is 5.32 Å². The van der Waals surface area contributed by atoms with E-state index in [1.807, 2.05) is 42.5 Å². The zero-order valence-electron chi connectivity index (χ0n) is 12.7. The molecule has 1 amide bonds. The number of carbonyl (C=O) groups excluding carboxylic acids is 1. The third-order valence-corrected chi connectivity index (χ3v) is 4.53. The second-order valence-electron chi connectivity index (χ2n) is 5.17. The van der Waals surface area contributed by atoms with Gasteiger partial charge in [-0.15, -0.1) is 11.8 Å². The highest BCUT2D eigenvalue weighted by Crippen LogP contribution is 2.18. The Morgan fingerprint density at radius 2 is 1.87 bits per heavy atom. The van der Waals surface area contributed by atoms with Crippen LogP contribution in [0, 0.1) is 0 Å². The van der Waals surface area contributed by atoms with E-state index in [2.05, 4.69) is 22.6 Å². The van der Waals surface area contributed by atoms with Crippen LogP contribution >= 0.6 is 11.8 Å². The van der Waals surface area contributed by atoms with Gasteiger partial charge in [-0.1, -0.05) is 35.5 Å². The fraction of sp³-hybridized carbons (Fsp3) is 0.222. The number of nitrogens with zero attached hydrogens (tertiary/aromatic N) is 1. The summed E-state index contributed by atoms with van der Waals surface area (Å²) in [5.74, 6) is 0.964. The molecule has 0 bridgehead atoms. The minimum absolute atomic E-state index is 0.0197. The first-order valence-corrected chi connectivity index (χ1v) is 8.59. The topological polar surface area (TPSA) is 55.1 Å². The van der Waals surface area contributed by atoms with Crippen LogP contribution in [-0.2, 0) is 11.2 Å². The molecule has 0 spiro atoms. The van der Waals surface area contributed by atoms with E-state index in [9.17, 15) is 4.79 Å². The highest BCUT2D eigenvalue weighted by molar-refractivity contribution is 7.99. The van der Waals surface area contributed by atoms with Crippen molar-refractivity contribution in [3.05, 3.63) is 60.3 Å². The molecule has 1 aromatic heterocycles. The average molecular weight is 326 g/mol. The van der Waals surface area contributed by atoms with Gasteiger partial charge in [0.2, 0.25) is 5.91 Å². The van der Waals surface area contributed by atoms with Crippen molar-refractivity contribution in [1.82, 2.24) is 10.5 Å². The van der Waals surface area contributed by atoms with Crippen molar-refractivity contribution in [1.29, 1.82) is 0 Å². The van der Waals surface area contributed by atoms with Crippen molar-refractivity contribution in [2.75, 3.05) is 12.3 Å². The van der Waals surface area contributed by atoms with Gasteiger partial charge in [0.15, 0.2) is 5.58 Å². The molecule has 0 fully saturated rings. The van der Waals surface area contributed by atoms with E-state index in [0.29, 0.717) is 12.2 Å². The van der Waals surface area contributed by atoms with Crippen molar-refractivity contribution in [3.63, 3.8) is 0 Å². The number of rotatable bonds is 7. The second kappa shape index (κ2) is 7.83. The van der Waals surface area contributed by atoms with E-state index in [1.54, 1.807) is 11.8 Å². The number of fused-ring (bicyclic) bond motifs is 1. The maximum absolute atomic E-state index is 12.0. The van der Waals surface area contributed by atoms with Crippen LogP contribution in [0.1, 0.15) is 12.1 Å². The van der Waals surface area contributed by atoms with Crippen LogP contribution in [0.2, 0.25) is 0 Å². The molecule has 3 aromatic rings. The van der Waals surface area contributed by atoms with Gasteiger partial charge < -0.3 is 9.84 Å². The van der Waals surface area contributed by atoms with Gasteiger partial charge >= 0.3 is 0 Å². The normalized spacial score (nSPS) is 10.8. The van der Waals surface area contributed by atoms with Gasteiger partial charge in [-0.05, 0) is 36.4 Å². The molecule has 23 heavy (non-hydrogen) atoms. The Hall–Kier alpha value is -2.27. The molecule has 0 saturated heterocycles. The van der Waals surface area contributed by atoms with Gasteiger partial charge in [0.25, 0.3) is 0 Å². The summed E-state index contributed by atoms with van der Waals surface area (Å²) in [4.78, 5) is 13.2. The molecule has 2 aromatic carbocycles. The Bertz CT molecular complexity index is 771. The second-order valence-corrected chi connectivity index (χ2v) is 6.34. The third-order valence-electron chi connectivity index (χ3n) is 3.44. The van der Waals surface area contributed by atoms with E-state index in [1.165, 1.54) is 4.90 Å². The molecule has 0 radical (unpaired) electrons. The quantitative estimate of drug-likeness (QED) is 0.532. The number of benzene rings is 2. The summed E-state index contributed by atoms with van der Waals surface area (Å²) >= 11 is 1.80. The minimum atomic E-state index is -0.0197. The minimum Gasteiger partial charge on any atom is -0.356 e. The first kappa shape index (κ1) is 15.6. The lowest BCUT2D eigenvalue weighted by molar-refractivity contribution is -0.120. The molecule has 0 unspecified atom stereocenters. The van der Waals surface area contributed by atoms with Crippen molar-refractivity contribution in [2.45, 2.75) is 17.7 Å². The van der Waals surface area contributed by atoms with Gasteiger partial charge in [0.1, 0.15) is 5.69 Å². The summed E-state index contributed by atoms with van der Waals surface area (Å²) in [6.45, 7) is 0.675. The summed E-state index contributed by atoms with van der Waals surface area (Å²) in [5.41, 5.74) is 1.41. The lowest BCUT2D eigenvalue weighted by atomic mass is 10.1. The van der Waals surface area contributed by atoms with Crippen molar-refractivity contribution < 1.29 is 9.32 Å². The van der Waals surface area contributed by atoms with E-state index >= 15 is 0 Å². The predicted octanol–water partition coefficient (Wildman–Crippen LogP) is 3.67. The fourth-order valence-electron chi connectivity index (χ4n) is 2.29. The van der Waals surface area contributed by atoms with Gasteiger partial charge in [-0.3, -0.25) is 4.79 Å². The molecule has 0 saturated carbocycles. The van der Waals surface area contributed by atoms with Crippen LogP contribution in [0.4, 0.5) is 0 Å². The number of nitrogens with one attached hydrogen (secondary N) is 1. The lowest BCUT2D eigenvalue weighted by Gasteiger charge is -2.04. The van der Waals surface area contributed by atoms with Crippen molar-refractivity contribution >= 4 is 28.6 Å². The summed E-state index contributed by atoms with van der Waals surface area (Å²) in [6, 6.07) is 17.9. The summed E-state index contributed by atoms with van der Waals surface area (Å²) in [5, 5.41) is 7.82. The Kier molecular flexibility index (Phi) is 5.32. The third kappa shape index (κ3) is 4.36. The Morgan fingerprint density at radius 3 is 2.74 bits per heavy atom. The lowest BCUT2D eigenvalue weighted by Crippen LogP contribution is -2.26. The average Bonchev–Trinajstić information content (AvgIpc) is 2.99. The number of carbonyl (C=O) groups is 1. The van der Waals surface area contributed by atoms with E-state index in [4.69, 9.17) is 4.52 Å². The molecular weight excluding hydrogens is 308 g/mol. The molecule has 118 valence electrons. The van der Waals surface area contributed by atoms with Gasteiger partial charge in [-0.25, -0.2) is 0 Å². The predicted molar refractivity (Wildman–Crippen MR) is 92.5 cm³/mol. The molecule has 1 heterocycles. The largest absolute Gasteiger partial charge is 0.356 e. The highest BCUT2D eigenvalue weighted by atomic mass is 32.2. The van der Waals surface area contributed by atoms with Gasteiger partial charge in [0, 0.05) is 16.8 Å².